The van der Waals surface area contributed by atoms with Gasteiger partial charge >= 0.3 is 5.97 Å². The number of benzene rings is 2. The molecule has 10 heteroatoms. The summed E-state index contributed by atoms with van der Waals surface area (Å²) in [5.41, 5.74) is 2.08. The number of amides is 1. The fraction of sp³-hybridized carbons (Fsp3) is 0.387. The Balaban J connectivity index is 1.39. The summed E-state index contributed by atoms with van der Waals surface area (Å²) in [4.78, 5) is 28.4. The molecule has 0 unspecified atom stereocenters. The summed E-state index contributed by atoms with van der Waals surface area (Å²) in [5.74, 6) is -0.0832. The number of esters is 1. The molecule has 2 aromatic carbocycles. The number of nitrogens with one attached hydrogen (secondary N) is 2. The topological polar surface area (TPSA) is 97.6 Å². The van der Waals surface area contributed by atoms with Crippen LogP contribution in [0.15, 0.2) is 66.9 Å². The number of pyridine rings is 1. The molecule has 3 aromatic rings. The van der Waals surface area contributed by atoms with Gasteiger partial charge in [-0.05, 0) is 48.2 Å². The van der Waals surface area contributed by atoms with Gasteiger partial charge in [0.25, 0.3) is 11.7 Å². The Kier molecular flexibility index (Phi) is 10.7. The Labute approximate surface area is 251 Å². The van der Waals surface area contributed by atoms with Crippen molar-refractivity contribution < 1.29 is 19.1 Å². The van der Waals surface area contributed by atoms with Gasteiger partial charge in [0.2, 0.25) is 0 Å². The van der Waals surface area contributed by atoms with Crippen LogP contribution in [0, 0.1) is 11.1 Å². The van der Waals surface area contributed by atoms with Gasteiger partial charge in [-0.25, -0.2) is 9.52 Å². The van der Waals surface area contributed by atoms with E-state index in [0.717, 1.165) is 48.3 Å². The second kappa shape index (κ2) is 14.4. The van der Waals surface area contributed by atoms with E-state index in [0.29, 0.717) is 11.7 Å². The van der Waals surface area contributed by atoms with Crippen molar-refractivity contribution in [1.82, 2.24) is 5.32 Å². The number of hydrogen-bond donors (Lipinski definition) is 2. The second-order valence-corrected chi connectivity index (χ2v) is 11.5. The van der Waals surface area contributed by atoms with Gasteiger partial charge in [-0.15, -0.1) is 0 Å². The van der Waals surface area contributed by atoms with Crippen molar-refractivity contribution >= 4 is 46.6 Å². The quantitative estimate of drug-likeness (QED) is 0.168. The van der Waals surface area contributed by atoms with Crippen molar-refractivity contribution in [3.05, 3.63) is 93.2 Å². The van der Waals surface area contributed by atoms with Crippen molar-refractivity contribution in [2.45, 2.75) is 51.6 Å². The molecule has 1 atom stereocenters. The zero-order chi connectivity index (χ0) is 29.4. The lowest BCUT2D eigenvalue weighted by Gasteiger charge is -2.32. The summed E-state index contributed by atoms with van der Waals surface area (Å²) in [6.07, 6.45) is 4.28. The predicted octanol–water partition coefficient (Wildman–Crippen LogP) is 5.64. The maximum atomic E-state index is 13.1. The summed E-state index contributed by atoms with van der Waals surface area (Å²) < 4.78 is 6.36. The fourth-order valence-electron chi connectivity index (χ4n) is 4.74. The molecule has 8 nitrogen and oxygen atoms in total. The third-order valence-electron chi connectivity index (χ3n) is 7.13. The molecule has 0 bridgehead atoms. The standard InChI is InChI=1S/C31H36Cl2N4O4/c1-21(2)15-19-41-31(39)27(35-30(38)29-25(32)6-5-7-26(29)33)20-22-9-11-24(12-10-22)36-17-13-23(14-18-36)34-28-8-3-4-16-37(28)40/h3-12,16,21,23,27,34H,13-15,17-20H2,1-2H3,(H,35,38)/t27-/m0/s1. The third-order valence-corrected chi connectivity index (χ3v) is 7.76. The minimum Gasteiger partial charge on any atom is -0.711 e. The molecule has 1 aliphatic rings. The van der Waals surface area contributed by atoms with Crippen LogP contribution < -0.4 is 20.3 Å². The summed E-state index contributed by atoms with van der Waals surface area (Å²) in [5, 5.41) is 18.5. The molecule has 1 fully saturated rings. The number of anilines is 2. The summed E-state index contributed by atoms with van der Waals surface area (Å²) in [6, 6.07) is 17.5. The van der Waals surface area contributed by atoms with Crippen LogP contribution in [-0.2, 0) is 16.0 Å². The van der Waals surface area contributed by atoms with Gasteiger partial charge in [0.1, 0.15) is 6.04 Å². The zero-order valence-corrected chi connectivity index (χ0v) is 24.8. The average molecular weight is 600 g/mol. The number of ether oxygens (including phenoxy) is 1. The smallest absolute Gasteiger partial charge is 0.328 e. The first-order valence-corrected chi connectivity index (χ1v) is 14.7. The number of aromatic nitrogens is 1. The Hall–Kier alpha value is -3.49. The van der Waals surface area contributed by atoms with Crippen molar-refractivity contribution in [2.24, 2.45) is 5.92 Å². The highest BCUT2D eigenvalue weighted by molar-refractivity contribution is 6.39. The van der Waals surface area contributed by atoms with E-state index < -0.39 is 17.9 Å². The number of rotatable bonds is 11. The number of halogens is 2. The van der Waals surface area contributed by atoms with E-state index in [1.807, 2.05) is 30.3 Å². The minimum atomic E-state index is -0.906. The molecule has 0 saturated carbocycles. The van der Waals surface area contributed by atoms with Crippen LogP contribution in [0.1, 0.15) is 49.0 Å². The second-order valence-electron chi connectivity index (χ2n) is 10.7. The van der Waals surface area contributed by atoms with Crippen molar-refractivity contribution in [2.75, 3.05) is 29.9 Å². The molecule has 2 N–H and O–H groups in total. The first-order valence-electron chi connectivity index (χ1n) is 13.9. The van der Waals surface area contributed by atoms with Gasteiger partial charge in [-0.3, -0.25) is 10.1 Å². The molecule has 1 aliphatic heterocycles. The lowest BCUT2D eigenvalue weighted by atomic mass is 10.0. The monoisotopic (exact) mass is 598 g/mol. The van der Waals surface area contributed by atoms with Gasteiger partial charge in [0.15, 0.2) is 0 Å². The molecule has 1 aromatic heterocycles. The van der Waals surface area contributed by atoms with E-state index in [9.17, 15) is 14.8 Å². The summed E-state index contributed by atoms with van der Waals surface area (Å²) >= 11 is 12.5. The van der Waals surface area contributed by atoms with Crippen LogP contribution in [0.25, 0.3) is 0 Å². The largest absolute Gasteiger partial charge is 0.711 e. The highest BCUT2D eigenvalue weighted by Crippen LogP contribution is 2.25. The van der Waals surface area contributed by atoms with Gasteiger partial charge < -0.3 is 20.2 Å². The maximum Gasteiger partial charge on any atom is 0.328 e. The van der Waals surface area contributed by atoms with Crippen LogP contribution in [0.3, 0.4) is 0 Å². The first kappa shape index (κ1) is 30.5. The normalized spacial score (nSPS) is 14.5. The molecule has 0 radical (unpaired) electrons. The molecular formula is C31H36Cl2N4O4. The van der Waals surface area contributed by atoms with Crippen molar-refractivity contribution in [3.63, 3.8) is 0 Å². The number of carbonyl (C=O) groups excluding carboxylic acids is 2. The van der Waals surface area contributed by atoms with Crippen LogP contribution in [-0.4, -0.2) is 43.7 Å². The van der Waals surface area contributed by atoms with Crippen LogP contribution in [0.5, 0.6) is 0 Å². The molecule has 41 heavy (non-hydrogen) atoms. The van der Waals surface area contributed by atoms with E-state index in [4.69, 9.17) is 27.9 Å². The van der Waals surface area contributed by atoms with Crippen molar-refractivity contribution in [3.8, 4) is 0 Å². The van der Waals surface area contributed by atoms with E-state index in [1.54, 1.807) is 30.3 Å². The summed E-state index contributed by atoms with van der Waals surface area (Å²) in [7, 11) is 0. The number of nitrogens with zero attached hydrogens (tertiary/aromatic N) is 2. The van der Waals surface area contributed by atoms with Gasteiger partial charge in [-0.2, -0.15) is 0 Å². The first-order chi connectivity index (χ1) is 19.7. The Morgan fingerprint density at radius 1 is 1.02 bits per heavy atom. The molecule has 0 aliphatic carbocycles. The molecule has 1 saturated heterocycles. The van der Waals surface area contributed by atoms with Gasteiger partial charge in [0, 0.05) is 44.1 Å². The molecule has 4 rings (SSSR count). The average Bonchev–Trinajstić information content (AvgIpc) is 2.94. The van der Waals surface area contributed by atoms with Gasteiger partial charge in [-0.1, -0.05) is 61.3 Å². The fourth-order valence-corrected chi connectivity index (χ4v) is 5.31. The lowest BCUT2D eigenvalue weighted by molar-refractivity contribution is -0.590. The zero-order valence-electron chi connectivity index (χ0n) is 23.3. The SMILES string of the molecule is CC(C)CCOC(=O)[C@H](Cc1ccc(N2CCC(Nc3cccc[n+]3[O-])CC2)cc1)NC(=O)c1c(Cl)cccc1Cl. The Bertz CT molecular complexity index is 1310. The van der Waals surface area contributed by atoms with Gasteiger partial charge in [0.05, 0.1) is 34.5 Å². The molecular weight excluding hydrogens is 563 g/mol. The van der Waals surface area contributed by atoms with Crippen LogP contribution in [0.2, 0.25) is 10.0 Å². The van der Waals surface area contributed by atoms with Crippen LogP contribution in [0.4, 0.5) is 11.5 Å². The highest BCUT2D eigenvalue weighted by atomic mass is 35.5. The Morgan fingerprint density at radius 3 is 2.34 bits per heavy atom. The molecule has 1 amide bonds. The van der Waals surface area contributed by atoms with Crippen LogP contribution >= 0.6 is 23.2 Å². The van der Waals surface area contributed by atoms with E-state index >= 15 is 0 Å². The minimum absolute atomic E-state index is 0.126. The third kappa shape index (κ3) is 8.50. The van der Waals surface area contributed by atoms with E-state index in [-0.39, 0.29) is 34.7 Å². The lowest BCUT2D eigenvalue weighted by Crippen LogP contribution is -2.43. The van der Waals surface area contributed by atoms with E-state index in [2.05, 4.69) is 29.4 Å². The maximum absolute atomic E-state index is 13.1. The van der Waals surface area contributed by atoms with Crippen molar-refractivity contribution in [1.29, 1.82) is 0 Å². The highest BCUT2D eigenvalue weighted by Gasteiger charge is 2.27. The number of hydrogen-bond acceptors (Lipinski definition) is 6. The Morgan fingerprint density at radius 2 is 1.71 bits per heavy atom. The predicted molar refractivity (Wildman–Crippen MR) is 163 cm³/mol. The molecule has 2 heterocycles. The molecule has 218 valence electrons. The summed E-state index contributed by atoms with van der Waals surface area (Å²) in [6.45, 7) is 6.08. The number of piperidine rings is 1. The number of carbonyl (C=O) groups is 2. The molecule has 0 spiro atoms. The van der Waals surface area contributed by atoms with E-state index in [1.165, 1.54) is 6.20 Å².